The molecule has 0 heterocycles. The van der Waals surface area contributed by atoms with E-state index in [9.17, 15) is 0 Å². The van der Waals surface area contributed by atoms with Crippen molar-refractivity contribution in [1.29, 1.82) is 0 Å². The number of hydrogen-bond acceptors (Lipinski definition) is 1. The van der Waals surface area contributed by atoms with Gasteiger partial charge in [-0.25, -0.2) is 0 Å². The molecule has 0 amide bonds. The third-order valence-corrected chi connectivity index (χ3v) is 1.23. The summed E-state index contributed by atoms with van der Waals surface area (Å²) in [6, 6.07) is 0. The van der Waals surface area contributed by atoms with Crippen LogP contribution in [0.25, 0.3) is 0 Å². The predicted molar refractivity (Wildman–Crippen MR) is 40.3 cm³/mol. The van der Waals surface area contributed by atoms with E-state index >= 15 is 0 Å². The van der Waals surface area contributed by atoms with Crippen molar-refractivity contribution in [2.24, 2.45) is 0 Å². The monoisotopic (exact) mass is 128 g/mol. The van der Waals surface area contributed by atoms with Crippen molar-refractivity contribution in [3.05, 3.63) is 12.8 Å². The molecule has 54 valence electrons. The molecule has 0 bridgehead atoms. The maximum absolute atomic E-state index is 4.94. The first kappa shape index (κ1) is 8.54. The third-order valence-electron chi connectivity index (χ3n) is 1.23. The maximum Gasteiger partial charge on any atom is 0.0873 e. The molecule has 1 nitrogen and oxygen atoms in total. The van der Waals surface area contributed by atoms with Gasteiger partial charge in [-0.15, -0.1) is 0 Å². The van der Waals surface area contributed by atoms with Crippen LogP contribution in [0, 0.1) is 0 Å². The van der Waals surface area contributed by atoms with Crippen LogP contribution in [0.5, 0.6) is 0 Å². The molecular formula is C8H16O. The summed E-state index contributed by atoms with van der Waals surface area (Å²) in [6.45, 7) is 6.50. The van der Waals surface area contributed by atoms with Crippen LogP contribution in [0.1, 0.15) is 32.6 Å². The highest BCUT2D eigenvalue weighted by atomic mass is 16.5. The zero-order valence-electron chi connectivity index (χ0n) is 6.23. The molecule has 0 aromatic heterocycles. The van der Waals surface area contributed by atoms with Gasteiger partial charge in [0.25, 0.3) is 0 Å². The van der Waals surface area contributed by atoms with E-state index in [0.29, 0.717) is 0 Å². The van der Waals surface area contributed by atoms with Crippen LogP contribution in [0.2, 0.25) is 0 Å². The Kier molecular flexibility index (Phi) is 7.15. The second-order valence-corrected chi connectivity index (χ2v) is 2.10. The smallest absolute Gasteiger partial charge is 0.0873 e. The van der Waals surface area contributed by atoms with Crippen LogP contribution in [0.3, 0.4) is 0 Å². The van der Waals surface area contributed by atoms with Crippen LogP contribution < -0.4 is 0 Å². The maximum atomic E-state index is 4.94. The average Bonchev–Trinajstić information content (AvgIpc) is 1.89. The molecule has 0 N–H and O–H groups in total. The second-order valence-electron chi connectivity index (χ2n) is 2.10. The minimum atomic E-state index is 0.837. The first-order valence-corrected chi connectivity index (χ1v) is 3.64. The Morgan fingerprint density at radius 1 is 1.33 bits per heavy atom. The molecule has 0 aliphatic rings. The lowest BCUT2D eigenvalue weighted by Crippen LogP contribution is -1.86. The van der Waals surface area contributed by atoms with Crippen LogP contribution in [0.4, 0.5) is 0 Å². The molecule has 0 aromatic rings. The molecule has 1 heteroatoms. The highest BCUT2D eigenvalue weighted by Crippen LogP contribution is 1.98. The Labute approximate surface area is 57.7 Å². The standard InChI is InChI=1S/C8H16O/c1-3-5-6-7-8-9-4-2/h4H,2-3,5-8H2,1H3. The highest BCUT2D eigenvalue weighted by Gasteiger charge is 1.84. The zero-order valence-corrected chi connectivity index (χ0v) is 6.23. The van der Waals surface area contributed by atoms with E-state index in [2.05, 4.69) is 13.5 Å². The quantitative estimate of drug-likeness (QED) is 0.395. The summed E-state index contributed by atoms with van der Waals surface area (Å²) >= 11 is 0. The minimum Gasteiger partial charge on any atom is -0.502 e. The van der Waals surface area contributed by atoms with Crippen LogP contribution in [-0.4, -0.2) is 6.61 Å². The van der Waals surface area contributed by atoms with E-state index in [-0.39, 0.29) is 0 Å². The van der Waals surface area contributed by atoms with Crippen molar-refractivity contribution in [3.8, 4) is 0 Å². The van der Waals surface area contributed by atoms with Crippen LogP contribution >= 0.6 is 0 Å². The van der Waals surface area contributed by atoms with Gasteiger partial charge in [-0.05, 0) is 6.42 Å². The van der Waals surface area contributed by atoms with Gasteiger partial charge in [-0.2, -0.15) is 0 Å². The van der Waals surface area contributed by atoms with E-state index in [4.69, 9.17) is 4.74 Å². The molecule has 0 aliphatic heterocycles. The Morgan fingerprint density at radius 2 is 2.11 bits per heavy atom. The van der Waals surface area contributed by atoms with Crippen molar-refractivity contribution >= 4 is 0 Å². The average molecular weight is 128 g/mol. The van der Waals surface area contributed by atoms with Gasteiger partial charge in [-0.3, -0.25) is 0 Å². The Hall–Kier alpha value is -0.460. The molecule has 0 aliphatic carbocycles. The largest absolute Gasteiger partial charge is 0.502 e. The van der Waals surface area contributed by atoms with Gasteiger partial charge in [0.15, 0.2) is 0 Å². The fourth-order valence-electron chi connectivity index (χ4n) is 0.696. The summed E-state index contributed by atoms with van der Waals surface area (Å²) in [5.74, 6) is 0. The summed E-state index contributed by atoms with van der Waals surface area (Å²) in [6.07, 6.45) is 6.56. The van der Waals surface area contributed by atoms with Crippen molar-refractivity contribution in [3.63, 3.8) is 0 Å². The van der Waals surface area contributed by atoms with Gasteiger partial charge in [0.1, 0.15) is 0 Å². The van der Waals surface area contributed by atoms with Crippen LogP contribution in [-0.2, 0) is 4.74 Å². The van der Waals surface area contributed by atoms with Gasteiger partial charge in [-0.1, -0.05) is 32.8 Å². The molecule has 0 rings (SSSR count). The van der Waals surface area contributed by atoms with Crippen molar-refractivity contribution in [2.75, 3.05) is 6.61 Å². The molecule has 0 radical (unpaired) electrons. The molecule has 0 unspecified atom stereocenters. The third kappa shape index (κ3) is 7.54. The fraction of sp³-hybridized carbons (Fsp3) is 0.750. The summed E-state index contributed by atoms with van der Waals surface area (Å²) < 4.78 is 4.94. The lowest BCUT2D eigenvalue weighted by Gasteiger charge is -1.97. The van der Waals surface area contributed by atoms with Gasteiger partial charge in [0.2, 0.25) is 0 Å². The fourth-order valence-corrected chi connectivity index (χ4v) is 0.696. The number of hydrogen-bond donors (Lipinski definition) is 0. The Balaban J connectivity index is 2.66. The number of ether oxygens (including phenoxy) is 1. The lowest BCUT2D eigenvalue weighted by atomic mass is 10.2. The number of unbranched alkanes of at least 4 members (excludes halogenated alkanes) is 3. The summed E-state index contributed by atoms with van der Waals surface area (Å²) in [4.78, 5) is 0. The molecule has 0 saturated heterocycles. The van der Waals surface area contributed by atoms with E-state index in [1.54, 1.807) is 0 Å². The zero-order chi connectivity index (χ0) is 6.95. The SMILES string of the molecule is C=COCCCCCC. The van der Waals surface area contributed by atoms with Gasteiger partial charge < -0.3 is 4.74 Å². The number of rotatable bonds is 6. The highest BCUT2D eigenvalue weighted by molar-refractivity contribution is 4.48. The normalized spacial score (nSPS) is 9.00. The molecule has 0 spiro atoms. The van der Waals surface area contributed by atoms with Crippen molar-refractivity contribution in [2.45, 2.75) is 32.6 Å². The summed E-state index contributed by atoms with van der Waals surface area (Å²) in [5, 5.41) is 0. The van der Waals surface area contributed by atoms with E-state index in [1.807, 2.05) is 0 Å². The van der Waals surface area contributed by atoms with Gasteiger partial charge in [0, 0.05) is 0 Å². The first-order valence-electron chi connectivity index (χ1n) is 3.64. The van der Waals surface area contributed by atoms with Crippen molar-refractivity contribution in [1.82, 2.24) is 0 Å². The van der Waals surface area contributed by atoms with E-state index in [0.717, 1.165) is 6.61 Å². The molecule has 0 saturated carbocycles. The van der Waals surface area contributed by atoms with E-state index < -0.39 is 0 Å². The van der Waals surface area contributed by atoms with Crippen LogP contribution in [0.15, 0.2) is 12.8 Å². The molecule has 9 heavy (non-hydrogen) atoms. The van der Waals surface area contributed by atoms with E-state index in [1.165, 1.54) is 31.9 Å². The molecule has 0 atom stereocenters. The molecule has 0 fully saturated rings. The Morgan fingerprint density at radius 3 is 2.67 bits per heavy atom. The topological polar surface area (TPSA) is 9.23 Å². The molecule has 0 aromatic carbocycles. The summed E-state index contributed by atoms with van der Waals surface area (Å²) in [5.41, 5.74) is 0. The second kappa shape index (κ2) is 7.54. The predicted octanol–water partition coefficient (Wildman–Crippen LogP) is 2.73. The van der Waals surface area contributed by atoms with Gasteiger partial charge in [0.05, 0.1) is 12.9 Å². The Bertz CT molecular complexity index is 59.6. The minimum absolute atomic E-state index is 0.837. The van der Waals surface area contributed by atoms with Crippen molar-refractivity contribution < 1.29 is 4.74 Å². The first-order chi connectivity index (χ1) is 4.41. The molecular weight excluding hydrogens is 112 g/mol. The van der Waals surface area contributed by atoms with Gasteiger partial charge >= 0.3 is 0 Å². The summed E-state index contributed by atoms with van der Waals surface area (Å²) in [7, 11) is 0. The lowest BCUT2D eigenvalue weighted by molar-refractivity contribution is 0.242.